The van der Waals surface area contributed by atoms with Crippen molar-refractivity contribution in [3.05, 3.63) is 78.2 Å². The van der Waals surface area contributed by atoms with Crippen molar-refractivity contribution in [3.63, 3.8) is 0 Å². The van der Waals surface area contributed by atoms with Crippen LogP contribution in [0.25, 0.3) is 11.3 Å². The van der Waals surface area contributed by atoms with Crippen LogP contribution in [-0.4, -0.2) is 87.8 Å². The molecule has 8 heteroatoms. The third kappa shape index (κ3) is 7.44. The van der Waals surface area contributed by atoms with Crippen molar-refractivity contribution in [2.75, 3.05) is 45.8 Å². The van der Waals surface area contributed by atoms with E-state index in [1.54, 1.807) is 0 Å². The van der Waals surface area contributed by atoms with Gasteiger partial charge in [-0.2, -0.15) is 0 Å². The zero-order valence-corrected chi connectivity index (χ0v) is 27.4. The Labute approximate surface area is 268 Å². The van der Waals surface area contributed by atoms with E-state index in [-0.39, 0.29) is 19.1 Å². The van der Waals surface area contributed by atoms with Gasteiger partial charge >= 0.3 is 6.03 Å². The maximum atomic E-state index is 16.5. The summed E-state index contributed by atoms with van der Waals surface area (Å²) in [6, 6.07) is 20.6. The van der Waals surface area contributed by atoms with Crippen LogP contribution in [0.15, 0.2) is 66.9 Å². The molecule has 2 aromatic carbocycles. The van der Waals surface area contributed by atoms with Gasteiger partial charge in [-0.25, -0.2) is 14.2 Å². The van der Waals surface area contributed by atoms with Crippen molar-refractivity contribution in [2.45, 2.75) is 83.6 Å². The fourth-order valence-electron chi connectivity index (χ4n) is 7.61. The Morgan fingerprint density at radius 3 is 2.29 bits per heavy atom. The first-order valence-corrected chi connectivity index (χ1v) is 17.1. The summed E-state index contributed by atoms with van der Waals surface area (Å²) in [5.74, 6) is 0.802. The first-order chi connectivity index (χ1) is 21.7. The maximum Gasteiger partial charge on any atom is 0.320 e. The summed E-state index contributed by atoms with van der Waals surface area (Å²) in [6.07, 6.45) is 8.32. The van der Waals surface area contributed by atoms with E-state index in [0.717, 1.165) is 35.5 Å². The molecule has 0 saturated carbocycles. The Balaban J connectivity index is 1.36. The van der Waals surface area contributed by atoms with Gasteiger partial charge < -0.3 is 24.6 Å². The first-order valence-electron chi connectivity index (χ1n) is 17.1. The molecule has 4 heterocycles. The van der Waals surface area contributed by atoms with Gasteiger partial charge in [-0.15, -0.1) is 0 Å². The molecule has 6 rings (SSSR count). The zero-order chi connectivity index (χ0) is 31.4. The van der Waals surface area contributed by atoms with Crippen molar-refractivity contribution in [2.24, 2.45) is 5.41 Å². The molecule has 0 bridgehead atoms. The van der Waals surface area contributed by atoms with Gasteiger partial charge in [0.15, 0.2) is 0 Å². The predicted octanol–water partition coefficient (Wildman–Crippen LogP) is 6.76. The molecular weight excluding hydrogens is 563 g/mol. The second-order valence-electron chi connectivity index (χ2n) is 14.5. The fraction of sp³-hybridized carbons (Fsp3) is 0.568. The number of hydrogen-bond donors (Lipinski definition) is 1. The van der Waals surface area contributed by atoms with Crippen LogP contribution in [0.5, 0.6) is 0 Å². The number of likely N-dealkylation sites (tertiary alicyclic amines) is 2. The number of carbonyl (C=O) groups is 1. The minimum absolute atomic E-state index is 0.0473. The highest BCUT2D eigenvalue weighted by molar-refractivity contribution is 5.75. The Morgan fingerprint density at radius 1 is 1.00 bits per heavy atom. The third-order valence-electron chi connectivity index (χ3n) is 9.98. The summed E-state index contributed by atoms with van der Waals surface area (Å²) in [5, 5.41) is 3.21. The lowest BCUT2D eigenvalue weighted by Gasteiger charge is -2.46. The normalized spacial score (nSPS) is 22.4. The summed E-state index contributed by atoms with van der Waals surface area (Å²) in [4.78, 5) is 26.5. The molecule has 3 aromatic rings. The lowest BCUT2D eigenvalue weighted by molar-refractivity contribution is 0.0309. The van der Waals surface area contributed by atoms with Crippen LogP contribution in [0.4, 0.5) is 9.18 Å². The molecular formula is C37H51FN6O. The Bertz CT molecular complexity index is 1380. The Kier molecular flexibility index (Phi) is 9.62. The number of rotatable bonds is 8. The van der Waals surface area contributed by atoms with Gasteiger partial charge in [0.2, 0.25) is 0 Å². The van der Waals surface area contributed by atoms with Gasteiger partial charge in [0.25, 0.3) is 0 Å². The standard InChI is InChI=1S/C37H51FN6O/c1-36(2,3)33(34-40-32(30-15-9-5-10-16-30)26-43(34)25-29-13-7-4-8-14-29)44(28-37(38)19-20-39-27-37)35(45)42-23-17-31(18-24-42)41-21-11-6-12-22-41/h4-5,7-10,13-16,26,31,33,39H,6,11-12,17-25,27-28H2,1-3H3/t33-,37+/m0/s1. The molecule has 0 radical (unpaired) electrons. The van der Waals surface area contributed by atoms with E-state index in [2.05, 4.69) is 78.2 Å². The smallest absolute Gasteiger partial charge is 0.320 e. The number of nitrogens with zero attached hydrogens (tertiary/aromatic N) is 5. The molecule has 45 heavy (non-hydrogen) atoms. The topological polar surface area (TPSA) is 56.6 Å². The summed E-state index contributed by atoms with van der Waals surface area (Å²) in [5.41, 5.74) is 1.16. The predicted molar refractivity (Wildman–Crippen MR) is 179 cm³/mol. The number of urea groups is 1. The number of alkyl halides is 1. The van der Waals surface area contributed by atoms with E-state index in [1.807, 2.05) is 34.1 Å². The van der Waals surface area contributed by atoms with E-state index in [0.29, 0.717) is 38.6 Å². The van der Waals surface area contributed by atoms with Gasteiger partial charge in [0.05, 0.1) is 18.3 Å². The molecule has 3 saturated heterocycles. The second-order valence-corrected chi connectivity index (χ2v) is 14.5. The van der Waals surface area contributed by atoms with Crippen molar-refractivity contribution in [1.82, 2.24) is 29.6 Å². The monoisotopic (exact) mass is 614 g/mol. The second kappa shape index (κ2) is 13.6. The van der Waals surface area contributed by atoms with Gasteiger partial charge in [-0.1, -0.05) is 87.9 Å². The lowest BCUT2D eigenvalue weighted by Crippen LogP contribution is -2.56. The van der Waals surface area contributed by atoms with Crippen molar-refractivity contribution < 1.29 is 9.18 Å². The molecule has 0 aliphatic carbocycles. The van der Waals surface area contributed by atoms with Crippen LogP contribution in [0.2, 0.25) is 0 Å². The van der Waals surface area contributed by atoms with E-state index in [1.165, 1.54) is 32.4 Å². The number of imidazole rings is 1. The molecule has 3 fully saturated rings. The van der Waals surface area contributed by atoms with Crippen molar-refractivity contribution >= 4 is 6.03 Å². The Morgan fingerprint density at radius 2 is 1.67 bits per heavy atom. The van der Waals surface area contributed by atoms with E-state index >= 15 is 4.39 Å². The third-order valence-corrected chi connectivity index (χ3v) is 9.98. The SMILES string of the molecule is CC(C)(C)[C@H](c1nc(-c2ccccc2)cn1Cc1ccccc1)N(C[C@@]1(F)CCNC1)C(=O)N1CCC(N2CCCCC2)CC1. The highest BCUT2D eigenvalue weighted by Gasteiger charge is 2.46. The maximum absolute atomic E-state index is 16.5. The van der Waals surface area contributed by atoms with Crippen LogP contribution < -0.4 is 5.32 Å². The molecule has 0 unspecified atom stereocenters. The largest absolute Gasteiger partial charge is 0.328 e. The molecule has 0 spiro atoms. The summed E-state index contributed by atoms with van der Waals surface area (Å²) in [6.45, 7) is 11.8. The number of aromatic nitrogens is 2. The molecule has 7 nitrogen and oxygen atoms in total. The number of amides is 2. The quantitative estimate of drug-likeness (QED) is 0.305. The minimum atomic E-state index is -1.48. The number of hydrogen-bond acceptors (Lipinski definition) is 4. The highest BCUT2D eigenvalue weighted by Crippen LogP contribution is 2.41. The van der Waals surface area contributed by atoms with Crippen LogP contribution >= 0.6 is 0 Å². The lowest BCUT2D eigenvalue weighted by atomic mass is 9.84. The molecule has 3 aliphatic rings. The number of piperidine rings is 2. The van der Waals surface area contributed by atoms with Gasteiger partial charge in [0, 0.05) is 44.0 Å². The molecule has 3 aliphatic heterocycles. The van der Waals surface area contributed by atoms with Crippen LogP contribution in [-0.2, 0) is 6.54 Å². The van der Waals surface area contributed by atoms with Gasteiger partial charge in [-0.05, 0) is 62.7 Å². The van der Waals surface area contributed by atoms with Crippen LogP contribution in [0.1, 0.15) is 76.7 Å². The summed E-state index contributed by atoms with van der Waals surface area (Å²) in [7, 11) is 0. The molecule has 2 atom stereocenters. The molecule has 242 valence electrons. The number of nitrogens with one attached hydrogen (secondary N) is 1. The van der Waals surface area contributed by atoms with Crippen LogP contribution in [0.3, 0.4) is 0 Å². The molecule has 1 aromatic heterocycles. The number of benzene rings is 2. The zero-order valence-electron chi connectivity index (χ0n) is 27.4. The minimum Gasteiger partial charge on any atom is -0.328 e. The van der Waals surface area contributed by atoms with Gasteiger partial charge in [0.1, 0.15) is 11.5 Å². The molecule has 1 N–H and O–H groups in total. The number of halogens is 1. The van der Waals surface area contributed by atoms with Gasteiger partial charge in [-0.3, -0.25) is 0 Å². The van der Waals surface area contributed by atoms with Crippen molar-refractivity contribution in [3.8, 4) is 11.3 Å². The van der Waals surface area contributed by atoms with E-state index < -0.39 is 17.1 Å². The first kappa shape index (κ1) is 31.7. The number of carbonyl (C=O) groups excluding carboxylic acids is 1. The van der Waals surface area contributed by atoms with Crippen molar-refractivity contribution in [1.29, 1.82) is 0 Å². The van der Waals surface area contributed by atoms with E-state index in [4.69, 9.17) is 4.98 Å². The Hall–Kier alpha value is -3.23. The highest BCUT2D eigenvalue weighted by atomic mass is 19.1. The summed E-state index contributed by atoms with van der Waals surface area (Å²) >= 11 is 0. The summed E-state index contributed by atoms with van der Waals surface area (Å²) < 4.78 is 18.7. The fourth-order valence-corrected chi connectivity index (χ4v) is 7.61. The average molecular weight is 615 g/mol. The average Bonchev–Trinajstić information content (AvgIpc) is 3.67. The molecule has 2 amide bonds. The van der Waals surface area contributed by atoms with Crippen LogP contribution in [0, 0.1) is 5.41 Å². The van der Waals surface area contributed by atoms with E-state index in [9.17, 15) is 4.79 Å².